The highest BCUT2D eigenvalue weighted by atomic mass is 32.2. The number of nitrogens with two attached hydrogens (primary N) is 2. The number of hydrogen-bond donors (Lipinski definition) is 2. The Labute approximate surface area is 124 Å². The van der Waals surface area contributed by atoms with E-state index >= 15 is 0 Å². The van der Waals surface area contributed by atoms with Crippen molar-refractivity contribution in [2.45, 2.75) is 4.90 Å². The second-order valence-electron chi connectivity index (χ2n) is 4.71. The summed E-state index contributed by atoms with van der Waals surface area (Å²) in [5.41, 5.74) is 5.29. The van der Waals surface area contributed by atoms with Crippen LogP contribution < -0.4 is 16.3 Å². The van der Waals surface area contributed by atoms with Gasteiger partial charge in [-0.15, -0.1) is 0 Å². The molecule has 8 heteroatoms. The van der Waals surface area contributed by atoms with E-state index in [0.29, 0.717) is 0 Å². The van der Waals surface area contributed by atoms with Crippen molar-refractivity contribution in [1.82, 2.24) is 0 Å². The van der Waals surface area contributed by atoms with Gasteiger partial charge in [0, 0.05) is 11.6 Å². The normalized spacial score (nSPS) is 11.9. The smallest absolute Gasteiger partial charge is 0.248 e. The van der Waals surface area contributed by atoms with Crippen molar-refractivity contribution in [3.8, 4) is 0 Å². The number of hydrogen-bond acceptors (Lipinski definition) is 5. The molecular weight excluding hydrogens is 308 g/mol. The third-order valence-corrected chi connectivity index (χ3v) is 4.17. The lowest BCUT2D eigenvalue weighted by molar-refractivity contribution is 0.100. The molecule has 0 unspecified atom stereocenters. The van der Waals surface area contributed by atoms with Gasteiger partial charge in [0.25, 0.3) is 0 Å². The molecule has 7 nitrogen and oxygen atoms in total. The van der Waals surface area contributed by atoms with Gasteiger partial charge in [-0.1, -0.05) is 0 Å². The number of amides is 1. The molecule has 1 aromatic heterocycles. The highest BCUT2D eigenvalue weighted by molar-refractivity contribution is 7.89. The van der Waals surface area contributed by atoms with E-state index in [1.165, 1.54) is 36.4 Å². The number of carbonyl (C=O) groups is 1. The predicted octanol–water partition coefficient (Wildman–Crippen LogP) is 0.693. The van der Waals surface area contributed by atoms with E-state index in [4.69, 9.17) is 15.3 Å². The third-order valence-electron chi connectivity index (χ3n) is 3.25. The van der Waals surface area contributed by atoms with Crippen LogP contribution in [0.2, 0.25) is 0 Å². The van der Waals surface area contributed by atoms with Gasteiger partial charge < -0.3 is 10.2 Å². The maximum absolute atomic E-state index is 12.4. The number of sulfonamides is 1. The summed E-state index contributed by atoms with van der Waals surface area (Å²) >= 11 is 0. The largest absolute Gasteiger partial charge is 0.456 e. The van der Waals surface area contributed by atoms with E-state index in [1.54, 1.807) is 0 Å². The number of rotatable bonds is 2. The molecule has 0 bridgehead atoms. The summed E-state index contributed by atoms with van der Waals surface area (Å²) in [5, 5.41) is 5.42. The van der Waals surface area contributed by atoms with Gasteiger partial charge in [0.15, 0.2) is 0 Å². The van der Waals surface area contributed by atoms with Gasteiger partial charge in [0.05, 0.1) is 15.7 Å². The third kappa shape index (κ3) is 2.24. The number of carbonyl (C=O) groups excluding carboxylic acids is 1. The van der Waals surface area contributed by atoms with E-state index in [9.17, 15) is 18.0 Å². The van der Waals surface area contributed by atoms with E-state index < -0.39 is 15.9 Å². The van der Waals surface area contributed by atoms with Gasteiger partial charge in [0.1, 0.15) is 11.2 Å². The summed E-state index contributed by atoms with van der Waals surface area (Å²) < 4.78 is 28.2. The van der Waals surface area contributed by atoms with Crippen molar-refractivity contribution < 1.29 is 17.6 Å². The molecule has 4 N–H and O–H groups in total. The fraction of sp³-hybridized carbons (Fsp3) is 0. The molecule has 3 rings (SSSR count). The first-order valence-corrected chi connectivity index (χ1v) is 7.65. The average Bonchev–Trinajstić information content (AvgIpc) is 2.45. The molecule has 0 saturated carbocycles. The second kappa shape index (κ2) is 4.65. The van der Waals surface area contributed by atoms with E-state index in [-0.39, 0.29) is 37.8 Å². The molecule has 0 fully saturated rings. The van der Waals surface area contributed by atoms with Crippen LogP contribution in [0.1, 0.15) is 10.4 Å². The average molecular weight is 318 g/mol. The predicted molar refractivity (Wildman–Crippen MR) is 79.9 cm³/mol. The van der Waals surface area contributed by atoms with Crippen molar-refractivity contribution in [2.75, 3.05) is 0 Å². The van der Waals surface area contributed by atoms with Crippen LogP contribution >= 0.6 is 0 Å². The van der Waals surface area contributed by atoms with Gasteiger partial charge in [-0.25, -0.2) is 13.6 Å². The quantitative estimate of drug-likeness (QED) is 0.671. The molecule has 0 radical (unpaired) electrons. The Morgan fingerprint density at radius 3 is 2.36 bits per heavy atom. The molecule has 112 valence electrons. The van der Waals surface area contributed by atoms with Gasteiger partial charge in [-0.2, -0.15) is 0 Å². The zero-order chi connectivity index (χ0) is 16.1. The number of fused-ring (bicyclic) bond motifs is 2. The lowest BCUT2D eigenvalue weighted by Crippen LogP contribution is -2.13. The molecule has 0 aliphatic rings. The summed E-state index contributed by atoms with van der Waals surface area (Å²) in [6.07, 6.45) is 0. The number of primary amides is 1. The van der Waals surface area contributed by atoms with Gasteiger partial charge in [-0.05, 0) is 30.3 Å². The molecule has 0 atom stereocenters. The van der Waals surface area contributed by atoms with Crippen LogP contribution in [0, 0.1) is 0 Å². The fourth-order valence-corrected chi connectivity index (χ4v) is 2.69. The highest BCUT2D eigenvalue weighted by Gasteiger charge is 2.14. The SMILES string of the molecule is NC(=O)c1ccc2oc3cc(S(N)(=O)=O)ccc3c(=O)c2c1. The molecule has 1 amide bonds. The maximum Gasteiger partial charge on any atom is 0.248 e. The van der Waals surface area contributed by atoms with Crippen molar-refractivity contribution in [1.29, 1.82) is 0 Å². The summed E-state index contributed by atoms with van der Waals surface area (Å²) in [7, 11) is -3.90. The van der Waals surface area contributed by atoms with Crippen LogP contribution in [0.3, 0.4) is 0 Å². The first kappa shape index (κ1) is 14.2. The maximum atomic E-state index is 12.4. The van der Waals surface area contributed by atoms with Crippen molar-refractivity contribution >= 4 is 37.9 Å². The lowest BCUT2D eigenvalue weighted by Gasteiger charge is -2.04. The van der Waals surface area contributed by atoms with E-state index in [2.05, 4.69) is 0 Å². The topological polar surface area (TPSA) is 133 Å². The molecule has 1 heterocycles. The molecule has 22 heavy (non-hydrogen) atoms. The lowest BCUT2D eigenvalue weighted by atomic mass is 10.1. The van der Waals surface area contributed by atoms with Gasteiger partial charge in [-0.3, -0.25) is 9.59 Å². The Bertz CT molecular complexity index is 1100. The molecule has 0 aliphatic carbocycles. The van der Waals surface area contributed by atoms with Crippen LogP contribution in [-0.4, -0.2) is 14.3 Å². The van der Waals surface area contributed by atoms with Crippen molar-refractivity contribution in [3.05, 3.63) is 52.2 Å². The molecule has 0 saturated heterocycles. The Morgan fingerprint density at radius 1 is 1.00 bits per heavy atom. The van der Waals surface area contributed by atoms with E-state index in [0.717, 1.165) is 0 Å². The van der Waals surface area contributed by atoms with Crippen LogP contribution in [-0.2, 0) is 10.0 Å². The number of primary sulfonamides is 1. The Hall–Kier alpha value is -2.71. The molecule has 2 aromatic carbocycles. The van der Waals surface area contributed by atoms with Gasteiger partial charge >= 0.3 is 0 Å². The summed E-state index contributed by atoms with van der Waals surface area (Å²) in [4.78, 5) is 23.5. The van der Waals surface area contributed by atoms with Crippen LogP contribution in [0.4, 0.5) is 0 Å². The second-order valence-corrected chi connectivity index (χ2v) is 6.27. The highest BCUT2D eigenvalue weighted by Crippen LogP contribution is 2.22. The van der Waals surface area contributed by atoms with E-state index in [1.807, 2.05) is 0 Å². The summed E-state index contributed by atoms with van der Waals surface area (Å²) in [5.74, 6) is -0.661. The molecular formula is C14H10N2O5S. The van der Waals surface area contributed by atoms with Crippen LogP contribution in [0.5, 0.6) is 0 Å². The first-order chi connectivity index (χ1) is 10.3. The first-order valence-electron chi connectivity index (χ1n) is 6.10. The monoisotopic (exact) mass is 318 g/mol. The Balaban J connectivity index is 2.41. The van der Waals surface area contributed by atoms with Crippen molar-refractivity contribution in [2.24, 2.45) is 10.9 Å². The zero-order valence-electron chi connectivity index (χ0n) is 11.1. The summed E-state index contributed by atoms with van der Waals surface area (Å²) in [6.45, 7) is 0. The summed E-state index contributed by atoms with van der Waals surface area (Å²) in [6, 6.07) is 7.92. The number of benzene rings is 2. The minimum atomic E-state index is -3.90. The zero-order valence-corrected chi connectivity index (χ0v) is 11.9. The fourth-order valence-electron chi connectivity index (χ4n) is 2.16. The van der Waals surface area contributed by atoms with Crippen LogP contribution in [0.25, 0.3) is 21.9 Å². The minimum Gasteiger partial charge on any atom is -0.456 e. The van der Waals surface area contributed by atoms with Crippen LogP contribution in [0.15, 0.2) is 50.5 Å². The minimum absolute atomic E-state index is 0.0934. The van der Waals surface area contributed by atoms with Gasteiger partial charge in [0.2, 0.25) is 21.4 Å². The molecule has 0 spiro atoms. The molecule has 3 aromatic rings. The van der Waals surface area contributed by atoms with Crippen molar-refractivity contribution in [3.63, 3.8) is 0 Å². The standard InChI is InChI=1S/C14H10N2O5S/c15-14(18)7-1-4-11-10(5-7)13(17)9-3-2-8(22(16,19)20)6-12(9)21-11/h1-6H,(H2,15,18)(H2,16,19,20). The molecule has 0 aliphatic heterocycles. The Morgan fingerprint density at radius 2 is 1.73 bits per heavy atom. The Kier molecular flexibility index (Phi) is 3.01.